The minimum atomic E-state index is -0.388. The van der Waals surface area contributed by atoms with Gasteiger partial charge in [-0.15, -0.1) is 0 Å². The van der Waals surface area contributed by atoms with Crippen LogP contribution in [0.5, 0.6) is 0 Å². The number of hydrogen-bond acceptors (Lipinski definition) is 2. The maximum atomic E-state index is 10.6. The van der Waals surface area contributed by atoms with Gasteiger partial charge in [-0.3, -0.25) is 0 Å². The molecule has 0 radical (unpaired) electrons. The van der Waals surface area contributed by atoms with Crippen LogP contribution in [0.15, 0.2) is 24.3 Å². The highest BCUT2D eigenvalue weighted by molar-refractivity contribution is 5.26. The third-order valence-corrected chi connectivity index (χ3v) is 4.16. The second-order valence-corrected chi connectivity index (χ2v) is 5.35. The van der Waals surface area contributed by atoms with Crippen molar-refractivity contribution in [1.82, 2.24) is 0 Å². The zero-order valence-corrected chi connectivity index (χ0v) is 11.5. The summed E-state index contributed by atoms with van der Waals surface area (Å²) in [6.45, 7) is 4.80. The Balaban J connectivity index is 2.10. The second-order valence-electron chi connectivity index (χ2n) is 5.35. The van der Waals surface area contributed by atoms with Crippen LogP contribution in [0.25, 0.3) is 0 Å². The number of aliphatic hydroxyl groups excluding tert-OH is 1. The quantitative estimate of drug-likeness (QED) is 0.866. The highest BCUT2D eigenvalue weighted by Crippen LogP contribution is 2.37. The molecule has 0 spiro atoms. The normalized spacial score (nSPS) is 19.9. The predicted octanol–water partition coefficient (Wildman–Crippen LogP) is 3.25. The van der Waals surface area contributed by atoms with E-state index in [-0.39, 0.29) is 11.7 Å². The number of ether oxygens (including phenoxy) is 1. The molecule has 0 amide bonds. The van der Waals surface area contributed by atoms with Gasteiger partial charge in [0, 0.05) is 13.0 Å². The number of aryl methyl sites for hydroxylation is 1. The first-order valence-corrected chi connectivity index (χ1v) is 7.04. The Bertz CT molecular complexity index is 380. The summed E-state index contributed by atoms with van der Waals surface area (Å²) < 4.78 is 5.91. The fourth-order valence-corrected chi connectivity index (χ4v) is 3.07. The molecule has 2 heteroatoms. The van der Waals surface area contributed by atoms with Crippen molar-refractivity contribution in [3.63, 3.8) is 0 Å². The molecule has 1 aliphatic carbocycles. The van der Waals surface area contributed by atoms with E-state index in [0.29, 0.717) is 13.0 Å². The Kier molecular flexibility index (Phi) is 4.41. The smallest absolute Gasteiger partial charge is 0.0943 e. The highest BCUT2D eigenvalue weighted by atomic mass is 16.5. The first-order valence-electron chi connectivity index (χ1n) is 7.04. The first kappa shape index (κ1) is 13.6. The van der Waals surface area contributed by atoms with Crippen molar-refractivity contribution >= 4 is 0 Å². The van der Waals surface area contributed by atoms with E-state index in [9.17, 15) is 5.11 Å². The average Bonchev–Trinajstić information content (AvgIpc) is 2.82. The summed E-state index contributed by atoms with van der Waals surface area (Å²) >= 11 is 0. The van der Waals surface area contributed by atoms with Crippen molar-refractivity contribution < 1.29 is 9.84 Å². The molecule has 1 N–H and O–H groups in total. The van der Waals surface area contributed by atoms with E-state index in [4.69, 9.17) is 4.74 Å². The summed E-state index contributed by atoms with van der Waals surface area (Å²) in [4.78, 5) is 0. The van der Waals surface area contributed by atoms with E-state index in [1.807, 2.05) is 19.1 Å². The Morgan fingerprint density at radius 3 is 2.56 bits per heavy atom. The van der Waals surface area contributed by atoms with Crippen molar-refractivity contribution in [3.8, 4) is 0 Å². The van der Waals surface area contributed by atoms with E-state index >= 15 is 0 Å². The lowest BCUT2D eigenvalue weighted by Crippen LogP contribution is -2.43. The largest absolute Gasteiger partial charge is 0.390 e. The zero-order valence-electron chi connectivity index (χ0n) is 11.5. The minimum absolute atomic E-state index is 0.295. The molecule has 0 saturated heterocycles. The molecule has 100 valence electrons. The molecule has 0 heterocycles. The van der Waals surface area contributed by atoms with Crippen molar-refractivity contribution in [3.05, 3.63) is 35.4 Å². The number of benzene rings is 1. The molecule has 0 aliphatic heterocycles. The molecule has 1 saturated carbocycles. The van der Waals surface area contributed by atoms with Gasteiger partial charge in [0.1, 0.15) is 0 Å². The summed E-state index contributed by atoms with van der Waals surface area (Å²) in [6.07, 6.45) is 4.64. The summed E-state index contributed by atoms with van der Waals surface area (Å²) in [5.41, 5.74) is 2.19. The molecular weight excluding hydrogens is 224 g/mol. The third-order valence-electron chi connectivity index (χ3n) is 4.16. The molecule has 2 rings (SSSR count). The van der Waals surface area contributed by atoms with Gasteiger partial charge >= 0.3 is 0 Å². The van der Waals surface area contributed by atoms with Crippen molar-refractivity contribution in [1.29, 1.82) is 0 Å². The van der Waals surface area contributed by atoms with E-state index in [2.05, 4.69) is 19.1 Å². The van der Waals surface area contributed by atoms with E-state index in [1.165, 1.54) is 24.0 Å². The van der Waals surface area contributed by atoms with Crippen LogP contribution < -0.4 is 0 Å². The van der Waals surface area contributed by atoms with Gasteiger partial charge in [0.05, 0.1) is 11.7 Å². The van der Waals surface area contributed by atoms with Gasteiger partial charge in [0.25, 0.3) is 0 Å². The van der Waals surface area contributed by atoms with Crippen LogP contribution in [0.1, 0.15) is 43.7 Å². The standard InChI is InChI=1S/C16H24O2/c1-3-18-16(10-6-7-11-16)15(17)12-14-9-5-4-8-13(14)2/h4-5,8-9,15,17H,3,6-7,10-12H2,1-2H3. The van der Waals surface area contributed by atoms with Gasteiger partial charge in [0.2, 0.25) is 0 Å². The fourth-order valence-electron chi connectivity index (χ4n) is 3.07. The van der Waals surface area contributed by atoms with E-state index in [1.54, 1.807) is 0 Å². The van der Waals surface area contributed by atoms with E-state index < -0.39 is 0 Å². The molecule has 1 fully saturated rings. The lowest BCUT2D eigenvalue weighted by atomic mass is 9.88. The highest BCUT2D eigenvalue weighted by Gasteiger charge is 2.41. The topological polar surface area (TPSA) is 29.5 Å². The van der Waals surface area contributed by atoms with Gasteiger partial charge in [-0.25, -0.2) is 0 Å². The Morgan fingerprint density at radius 2 is 1.94 bits per heavy atom. The average molecular weight is 248 g/mol. The third kappa shape index (κ3) is 2.76. The lowest BCUT2D eigenvalue weighted by Gasteiger charge is -2.34. The summed E-state index contributed by atoms with van der Waals surface area (Å²) in [5.74, 6) is 0. The Labute approximate surface area is 110 Å². The van der Waals surface area contributed by atoms with Crippen LogP contribution >= 0.6 is 0 Å². The van der Waals surface area contributed by atoms with Gasteiger partial charge in [-0.2, -0.15) is 0 Å². The molecular formula is C16H24O2. The van der Waals surface area contributed by atoms with Gasteiger partial charge in [-0.1, -0.05) is 37.1 Å². The van der Waals surface area contributed by atoms with Crippen molar-refractivity contribution in [2.75, 3.05) is 6.61 Å². The van der Waals surface area contributed by atoms with Crippen LogP contribution in [0.4, 0.5) is 0 Å². The van der Waals surface area contributed by atoms with Crippen LogP contribution in [-0.2, 0) is 11.2 Å². The molecule has 0 aromatic heterocycles. The fraction of sp³-hybridized carbons (Fsp3) is 0.625. The molecule has 18 heavy (non-hydrogen) atoms. The molecule has 2 nitrogen and oxygen atoms in total. The summed E-state index contributed by atoms with van der Waals surface area (Å²) in [5, 5.41) is 10.6. The second kappa shape index (κ2) is 5.85. The molecule has 1 aromatic carbocycles. The molecule has 1 aliphatic rings. The minimum Gasteiger partial charge on any atom is -0.390 e. The van der Waals surface area contributed by atoms with Gasteiger partial charge in [0.15, 0.2) is 0 Å². The predicted molar refractivity (Wildman–Crippen MR) is 73.7 cm³/mol. The molecule has 1 atom stereocenters. The number of hydrogen-bond donors (Lipinski definition) is 1. The van der Waals surface area contributed by atoms with Crippen LogP contribution in [0.3, 0.4) is 0 Å². The molecule has 1 unspecified atom stereocenters. The van der Waals surface area contributed by atoms with Crippen molar-refractivity contribution in [2.45, 2.75) is 57.7 Å². The monoisotopic (exact) mass is 248 g/mol. The lowest BCUT2D eigenvalue weighted by molar-refractivity contribution is -0.115. The van der Waals surface area contributed by atoms with Crippen LogP contribution in [0.2, 0.25) is 0 Å². The Morgan fingerprint density at radius 1 is 1.28 bits per heavy atom. The maximum absolute atomic E-state index is 10.6. The first-order chi connectivity index (χ1) is 8.68. The van der Waals surface area contributed by atoms with Gasteiger partial charge in [-0.05, 0) is 37.8 Å². The van der Waals surface area contributed by atoms with E-state index in [0.717, 1.165) is 12.8 Å². The molecule has 1 aromatic rings. The van der Waals surface area contributed by atoms with Gasteiger partial charge < -0.3 is 9.84 Å². The van der Waals surface area contributed by atoms with Crippen molar-refractivity contribution in [2.24, 2.45) is 0 Å². The summed E-state index contributed by atoms with van der Waals surface area (Å²) in [7, 11) is 0. The number of aliphatic hydroxyl groups is 1. The molecule has 0 bridgehead atoms. The SMILES string of the molecule is CCOC1(C(O)Cc2ccccc2C)CCCC1. The van der Waals surface area contributed by atoms with Crippen LogP contribution in [0, 0.1) is 6.92 Å². The Hall–Kier alpha value is -0.860. The zero-order chi connectivity index (χ0) is 13.0. The number of rotatable bonds is 5. The summed E-state index contributed by atoms with van der Waals surface area (Å²) in [6, 6.07) is 8.29. The maximum Gasteiger partial charge on any atom is 0.0943 e. The van der Waals surface area contributed by atoms with Crippen LogP contribution in [-0.4, -0.2) is 23.4 Å².